The van der Waals surface area contributed by atoms with Gasteiger partial charge in [-0.05, 0) is 30.9 Å². The zero-order valence-corrected chi connectivity index (χ0v) is 11.4. The molecule has 3 rings (SSSR count). The monoisotopic (exact) mass is 269 g/mol. The van der Waals surface area contributed by atoms with Crippen molar-refractivity contribution < 1.29 is 9.18 Å². The lowest BCUT2D eigenvalue weighted by Gasteiger charge is -2.26. The molecule has 3 heteroatoms. The minimum Gasteiger partial charge on any atom is -0.334 e. The lowest BCUT2D eigenvalue weighted by molar-refractivity contribution is 0.0768. The molecule has 0 aromatic heterocycles. The molecule has 2 aromatic rings. The van der Waals surface area contributed by atoms with Crippen molar-refractivity contribution >= 4 is 16.7 Å². The van der Waals surface area contributed by atoms with Crippen molar-refractivity contribution in [3.63, 3.8) is 0 Å². The van der Waals surface area contributed by atoms with Crippen LogP contribution in [0.4, 0.5) is 4.39 Å². The Morgan fingerprint density at radius 1 is 1.15 bits per heavy atom. The number of amides is 1. The van der Waals surface area contributed by atoms with Crippen molar-refractivity contribution in [2.24, 2.45) is 0 Å². The van der Waals surface area contributed by atoms with Gasteiger partial charge in [0.2, 0.25) is 0 Å². The second kappa shape index (κ2) is 5.08. The quantitative estimate of drug-likeness (QED) is 0.722. The van der Waals surface area contributed by atoms with Gasteiger partial charge in [0, 0.05) is 24.0 Å². The molecule has 0 fully saturated rings. The van der Waals surface area contributed by atoms with Gasteiger partial charge in [-0.1, -0.05) is 35.9 Å². The molecule has 1 amide bonds. The van der Waals surface area contributed by atoms with Gasteiger partial charge < -0.3 is 4.90 Å². The normalized spacial score (nSPS) is 15.3. The molecule has 0 aliphatic carbocycles. The van der Waals surface area contributed by atoms with E-state index in [1.54, 1.807) is 24.3 Å². The molecule has 1 heterocycles. The topological polar surface area (TPSA) is 20.3 Å². The lowest BCUT2D eigenvalue weighted by Crippen LogP contribution is -2.35. The van der Waals surface area contributed by atoms with E-state index in [-0.39, 0.29) is 11.7 Å². The van der Waals surface area contributed by atoms with E-state index in [1.807, 2.05) is 17.9 Å². The Kier molecular flexibility index (Phi) is 3.26. The summed E-state index contributed by atoms with van der Waals surface area (Å²) in [7, 11) is 0. The fourth-order valence-corrected chi connectivity index (χ4v) is 2.70. The number of fused-ring (bicyclic) bond motifs is 1. The van der Waals surface area contributed by atoms with Gasteiger partial charge in [-0.25, -0.2) is 4.39 Å². The average molecular weight is 269 g/mol. The van der Waals surface area contributed by atoms with Crippen molar-refractivity contribution in [2.45, 2.75) is 13.3 Å². The van der Waals surface area contributed by atoms with E-state index in [0.717, 1.165) is 13.0 Å². The molecule has 2 aromatic carbocycles. The first-order chi connectivity index (χ1) is 9.66. The van der Waals surface area contributed by atoms with Crippen LogP contribution in [-0.4, -0.2) is 23.9 Å². The number of nitrogens with zero attached hydrogens (tertiary/aromatic N) is 1. The van der Waals surface area contributed by atoms with E-state index in [4.69, 9.17) is 0 Å². The maximum Gasteiger partial charge on any atom is 0.254 e. The van der Waals surface area contributed by atoms with Gasteiger partial charge in [-0.3, -0.25) is 4.79 Å². The van der Waals surface area contributed by atoms with E-state index in [1.165, 1.54) is 11.6 Å². The molecule has 20 heavy (non-hydrogen) atoms. The molecular weight excluding hydrogens is 253 g/mol. The smallest absolute Gasteiger partial charge is 0.254 e. The van der Waals surface area contributed by atoms with Crippen LogP contribution in [0.5, 0.6) is 0 Å². The summed E-state index contributed by atoms with van der Waals surface area (Å²) in [5.41, 5.74) is 1.78. The van der Waals surface area contributed by atoms with Crippen LogP contribution in [-0.2, 0) is 0 Å². The van der Waals surface area contributed by atoms with Gasteiger partial charge in [0.05, 0.1) is 0 Å². The molecule has 102 valence electrons. The summed E-state index contributed by atoms with van der Waals surface area (Å²) in [5.74, 6) is -0.305. The van der Waals surface area contributed by atoms with Gasteiger partial charge in [0.1, 0.15) is 5.82 Å². The Morgan fingerprint density at radius 2 is 1.90 bits per heavy atom. The second-order valence-corrected chi connectivity index (χ2v) is 5.21. The maximum atomic E-state index is 13.8. The summed E-state index contributed by atoms with van der Waals surface area (Å²) >= 11 is 0. The summed E-state index contributed by atoms with van der Waals surface area (Å²) in [4.78, 5) is 14.5. The zero-order valence-electron chi connectivity index (χ0n) is 11.4. The predicted molar refractivity (Wildman–Crippen MR) is 78.2 cm³/mol. The van der Waals surface area contributed by atoms with Crippen LogP contribution in [0.2, 0.25) is 0 Å². The van der Waals surface area contributed by atoms with E-state index < -0.39 is 0 Å². The van der Waals surface area contributed by atoms with Gasteiger partial charge in [0.25, 0.3) is 5.91 Å². The summed E-state index contributed by atoms with van der Waals surface area (Å²) < 4.78 is 13.8. The van der Waals surface area contributed by atoms with Crippen LogP contribution in [0.1, 0.15) is 23.7 Å². The first-order valence-electron chi connectivity index (χ1n) is 6.79. The number of carbonyl (C=O) groups excluding carboxylic acids is 1. The molecule has 0 bridgehead atoms. The van der Waals surface area contributed by atoms with E-state index in [0.29, 0.717) is 22.9 Å². The molecule has 0 unspecified atom stereocenters. The summed E-state index contributed by atoms with van der Waals surface area (Å²) in [5, 5.41) is 1.19. The van der Waals surface area contributed by atoms with Crippen molar-refractivity contribution in [1.82, 2.24) is 4.90 Å². The zero-order chi connectivity index (χ0) is 14.1. The highest BCUT2D eigenvalue weighted by molar-refractivity contribution is 6.07. The third-order valence-electron chi connectivity index (χ3n) is 3.72. The minimum atomic E-state index is -0.285. The van der Waals surface area contributed by atoms with Gasteiger partial charge in [-0.2, -0.15) is 0 Å². The van der Waals surface area contributed by atoms with E-state index >= 15 is 0 Å². The Hall–Kier alpha value is -2.16. The van der Waals surface area contributed by atoms with Gasteiger partial charge in [-0.15, -0.1) is 0 Å². The number of rotatable bonds is 1. The highest BCUT2D eigenvalue weighted by atomic mass is 19.1. The average Bonchev–Trinajstić information content (AvgIpc) is 2.47. The molecule has 1 aliphatic rings. The van der Waals surface area contributed by atoms with Gasteiger partial charge >= 0.3 is 0 Å². The van der Waals surface area contributed by atoms with Crippen LogP contribution in [0.3, 0.4) is 0 Å². The van der Waals surface area contributed by atoms with Gasteiger partial charge in [0.15, 0.2) is 0 Å². The first-order valence-corrected chi connectivity index (χ1v) is 6.79. The summed E-state index contributed by atoms with van der Waals surface area (Å²) in [6, 6.07) is 10.1. The summed E-state index contributed by atoms with van der Waals surface area (Å²) in [6.07, 6.45) is 3.04. The number of carbonyl (C=O) groups is 1. The maximum absolute atomic E-state index is 13.8. The highest BCUT2D eigenvalue weighted by Gasteiger charge is 2.20. The fourth-order valence-electron chi connectivity index (χ4n) is 2.70. The molecule has 0 saturated carbocycles. The van der Waals surface area contributed by atoms with Crippen LogP contribution >= 0.6 is 0 Å². The van der Waals surface area contributed by atoms with Crippen molar-refractivity contribution in [3.05, 3.63) is 59.4 Å². The Morgan fingerprint density at radius 3 is 2.65 bits per heavy atom. The predicted octanol–water partition coefficient (Wildman–Crippen LogP) is 3.77. The SMILES string of the molecule is CC1=CCCN(C(=O)c2ccc(F)c3ccccc23)C1. The molecule has 1 aliphatic heterocycles. The van der Waals surface area contributed by atoms with Crippen molar-refractivity contribution in [3.8, 4) is 0 Å². The number of halogens is 1. The summed E-state index contributed by atoms with van der Waals surface area (Å²) in [6.45, 7) is 3.41. The molecule has 0 saturated heterocycles. The molecule has 0 radical (unpaired) electrons. The van der Waals surface area contributed by atoms with E-state index in [9.17, 15) is 9.18 Å². The number of benzene rings is 2. The minimum absolute atomic E-state index is 0.0198. The lowest BCUT2D eigenvalue weighted by atomic mass is 10.0. The second-order valence-electron chi connectivity index (χ2n) is 5.21. The Labute approximate surface area is 117 Å². The Bertz CT molecular complexity index is 705. The largest absolute Gasteiger partial charge is 0.334 e. The van der Waals surface area contributed by atoms with E-state index in [2.05, 4.69) is 6.08 Å². The van der Waals surface area contributed by atoms with Crippen LogP contribution in [0.25, 0.3) is 10.8 Å². The van der Waals surface area contributed by atoms with Crippen LogP contribution < -0.4 is 0 Å². The molecule has 0 atom stereocenters. The highest BCUT2D eigenvalue weighted by Crippen LogP contribution is 2.24. The Balaban J connectivity index is 2.04. The standard InChI is InChI=1S/C17H16FNO/c1-12-5-4-10-19(11-12)17(20)15-8-9-16(18)14-7-3-2-6-13(14)15/h2-3,5-9H,4,10-11H2,1H3. The fraction of sp³-hybridized carbons (Fsp3) is 0.235. The third kappa shape index (κ3) is 2.20. The molecule has 2 nitrogen and oxygen atoms in total. The molecule has 0 N–H and O–H groups in total. The first kappa shape index (κ1) is 12.9. The van der Waals surface area contributed by atoms with Crippen molar-refractivity contribution in [2.75, 3.05) is 13.1 Å². The molecule has 0 spiro atoms. The molecular formula is C17H16FNO. The number of hydrogen-bond acceptors (Lipinski definition) is 1. The van der Waals surface area contributed by atoms with Crippen LogP contribution in [0, 0.1) is 5.82 Å². The van der Waals surface area contributed by atoms with Crippen LogP contribution in [0.15, 0.2) is 48.0 Å². The van der Waals surface area contributed by atoms with Crippen molar-refractivity contribution in [1.29, 1.82) is 0 Å². The number of hydrogen-bond donors (Lipinski definition) is 0. The third-order valence-corrected chi connectivity index (χ3v) is 3.72.